The van der Waals surface area contributed by atoms with Gasteiger partial charge < -0.3 is 4.74 Å². The molecular formula is C22H22ClFN2O3S. The van der Waals surface area contributed by atoms with Gasteiger partial charge in [0.1, 0.15) is 12.4 Å². The number of para-hydroxylation sites is 1. The summed E-state index contributed by atoms with van der Waals surface area (Å²) in [4.78, 5) is 4.29. The molecule has 8 heteroatoms. The van der Waals surface area contributed by atoms with Crippen LogP contribution >= 0.6 is 12.4 Å². The number of rotatable bonds is 8. The second kappa shape index (κ2) is 10.8. The fourth-order valence-corrected chi connectivity index (χ4v) is 4.30. The van der Waals surface area contributed by atoms with Crippen molar-refractivity contribution < 1.29 is 17.5 Å². The summed E-state index contributed by atoms with van der Waals surface area (Å²) in [7, 11) is -2.46. The molecule has 2 aromatic carbocycles. The molecule has 5 nitrogen and oxygen atoms in total. The van der Waals surface area contributed by atoms with Crippen molar-refractivity contribution in [2.45, 2.75) is 4.90 Å². The lowest BCUT2D eigenvalue weighted by atomic mass is 10.1. The third kappa shape index (κ3) is 5.37. The molecule has 0 aliphatic heterocycles. The molecule has 0 unspecified atom stereocenters. The van der Waals surface area contributed by atoms with Crippen LogP contribution in [-0.2, 0) is 10.0 Å². The predicted molar refractivity (Wildman–Crippen MR) is 120 cm³/mol. The van der Waals surface area contributed by atoms with Gasteiger partial charge in [0, 0.05) is 6.20 Å². The summed E-state index contributed by atoms with van der Waals surface area (Å²) in [5.74, 6) is 0.541. The van der Waals surface area contributed by atoms with Gasteiger partial charge in [0.15, 0.2) is 0 Å². The monoisotopic (exact) mass is 448 g/mol. The summed E-state index contributed by atoms with van der Waals surface area (Å²) < 4.78 is 46.0. The topological polar surface area (TPSA) is 59.5 Å². The van der Waals surface area contributed by atoms with Crippen LogP contribution in [-0.4, -0.2) is 33.7 Å². The van der Waals surface area contributed by atoms with Gasteiger partial charge >= 0.3 is 0 Å². The highest BCUT2D eigenvalue weighted by Gasteiger charge is 2.26. The number of halogens is 2. The summed E-state index contributed by atoms with van der Waals surface area (Å²) in [6.45, 7) is -1.10. The molecule has 0 amide bonds. The Kier molecular flexibility index (Phi) is 8.38. The number of benzene rings is 2. The van der Waals surface area contributed by atoms with Gasteiger partial charge in [0.05, 0.1) is 29.9 Å². The van der Waals surface area contributed by atoms with Crippen molar-refractivity contribution in [3.05, 3.63) is 84.2 Å². The first kappa shape index (κ1) is 23.4. The zero-order valence-electron chi connectivity index (χ0n) is 16.3. The van der Waals surface area contributed by atoms with E-state index in [2.05, 4.69) is 4.98 Å². The summed E-state index contributed by atoms with van der Waals surface area (Å²) >= 11 is 0. The molecule has 1 aromatic heterocycles. The first-order chi connectivity index (χ1) is 14.1. The lowest BCUT2D eigenvalue weighted by Crippen LogP contribution is -2.33. The number of anilines is 1. The minimum atomic E-state index is -3.96. The zero-order chi connectivity index (χ0) is 20.7. The zero-order valence-corrected chi connectivity index (χ0v) is 17.9. The van der Waals surface area contributed by atoms with Crippen LogP contribution in [0.3, 0.4) is 0 Å². The van der Waals surface area contributed by atoms with Gasteiger partial charge in [0.2, 0.25) is 0 Å². The lowest BCUT2D eigenvalue weighted by Gasteiger charge is -2.25. The normalized spacial score (nSPS) is 11.1. The van der Waals surface area contributed by atoms with Crippen LogP contribution in [0.1, 0.15) is 11.3 Å². The number of hydrogen-bond acceptors (Lipinski definition) is 4. The molecule has 0 aliphatic rings. The Hall–Kier alpha value is -2.90. The number of sulfonamides is 1. The molecule has 0 fully saturated rings. The van der Waals surface area contributed by atoms with Crippen molar-refractivity contribution in [2.24, 2.45) is 0 Å². The molecule has 0 saturated carbocycles. The van der Waals surface area contributed by atoms with Crippen molar-refractivity contribution in [2.75, 3.05) is 24.6 Å². The fraction of sp³-hybridized carbons (Fsp3) is 0.136. The van der Waals surface area contributed by atoms with E-state index < -0.39 is 16.7 Å². The van der Waals surface area contributed by atoms with Crippen LogP contribution in [0.15, 0.2) is 77.8 Å². The Morgan fingerprint density at radius 3 is 2.33 bits per heavy atom. The summed E-state index contributed by atoms with van der Waals surface area (Å²) in [6.07, 6.45) is 5.23. The minimum absolute atomic E-state index is 0. The number of hydrogen-bond donors (Lipinski definition) is 0. The van der Waals surface area contributed by atoms with E-state index in [4.69, 9.17) is 4.74 Å². The molecule has 30 heavy (non-hydrogen) atoms. The van der Waals surface area contributed by atoms with Crippen LogP contribution in [0.25, 0.3) is 12.2 Å². The van der Waals surface area contributed by atoms with Crippen molar-refractivity contribution >= 4 is 40.3 Å². The molecule has 0 aliphatic carbocycles. The maximum atomic E-state index is 13.3. The van der Waals surface area contributed by atoms with Crippen LogP contribution in [0.4, 0.5) is 10.1 Å². The van der Waals surface area contributed by atoms with Crippen molar-refractivity contribution in [1.29, 1.82) is 0 Å². The second-order valence-electron chi connectivity index (χ2n) is 6.09. The number of methoxy groups -OCH3 is 1. The van der Waals surface area contributed by atoms with Crippen LogP contribution < -0.4 is 9.04 Å². The van der Waals surface area contributed by atoms with Gasteiger partial charge in [-0.1, -0.05) is 30.3 Å². The molecule has 158 valence electrons. The molecule has 0 saturated heterocycles. The highest BCUT2D eigenvalue weighted by molar-refractivity contribution is 7.92. The molecule has 3 rings (SSSR count). The Labute approximate surface area is 182 Å². The molecule has 0 atom stereocenters. The SMILES string of the molecule is COc1ccc(S(=O)(=O)N(CCF)c2ccccc2C=Cc2ccccn2)cc1.Cl. The van der Waals surface area contributed by atoms with Crippen molar-refractivity contribution in [3.63, 3.8) is 0 Å². The molecular weight excluding hydrogens is 427 g/mol. The molecule has 0 radical (unpaired) electrons. The van der Waals surface area contributed by atoms with Gasteiger partial charge in [-0.05, 0) is 54.1 Å². The van der Waals surface area contributed by atoms with Gasteiger partial charge in [-0.2, -0.15) is 0 Å². The van der Waals surface area contributed by atoms with E-state index >= 15 is 0 Å². The van der Waals surface area contributed by atoms with E-state index in [0.29, 0.717) is 17.0 Å². The predicted octanol–water partition coefficient (Wildman–Crippen LogP) is 4.85. The van der Waals surface area contributed by atoms with E-state index in [1.165, 1.54) is 19.2 Å². The average Bonchev–Trinajstić information content (AvgIpc) is 2.77. The van der Waals surface area contributed by atoms with E-state index in [1.807, 2.05) is 18.2 Å². The fourth-order valence-electron chi connectivity index (χ4n) is 2.83. The summed E-state index contributed by atoms with van der Waals surface area (Å²) in [5, 5.41) is 0. The Bertz CT molecular complexity index is 1080. The van der Waals surface area contributed by atoms with Gasteiger partial charge in [-0.15, -0.1) is 12.4 Å². The third-order valence-corrected chi connectivity index (χ3v) is 6.09. The smallest absolute Gasteiger partial charge is 0.264 e. The van der Waals surface area contributed by atoms with E-state index in [9.17, 15) is 12.8 Å². The highest BCUT2D eigenvalue weighted by Crippen LogP contribution is 2.29. The number of nitrogens with zero attached hydrogens (tertiary/aromatic N) is 2. The standard InChI is InChI=1S/C22H21FN2O3S.ClH/c1-28-20-11-13-21(14-12-20)29(26,27)25(17-15-23)22-8-3-2-6-18(22)9-10-19-7-4-5-16-24-19;/h2-14,16H,15,17H2,1H3;1H. The second-order valence-corrected chi connectivity index (χ2v) is 7.95. The van der Waals surface area contributed by atoms with Crippen LogP contribution in [0.2, 0.25) is 0 Å². The Morgan fingerprint density at radius 1 is 1.00 bits per heavy atom. The first-order valence-corrected chi connectivity index (χ1v) is 10.4. The Morgan fingerprint density at radius 2 is 1.70 bits per heavy atom. The summed E-state index contributed by atoms with van der Waals surface area (Å²) in [5.41, 5.74) is 1.77. The van der Waals surface area contributed by atoms with E-state index in [-0.39, 0.29) is 23.8 Å². The summed E-state index contributed by atoms with van der Waals surface area (Å²) in [6, 6.07) is 18.5. The molecule has 0 bridgehead atoms. The average molecular weight is 449 g/mol. The minimum Gasteiger partial charge on any atom is -0.497 e. The van der Waals surface area contributed by atoms with E-state index in [1.54, 1.807) is 54.7 Å². The molecule has 3 aromatic rings. The van der Waals surface area contributed by atoms with Gasteiger partial charge in [0.25, 0.3) is 10.0 Å². The lowest BCUT2D eigenvalue weighted by molar-refractivity contribution is 0.414. The maximum absolute atomic E-state index is 13.3. The van der Waals surface area contributed by atoms with Crippen LogP contribution in [0.5, 0.6) is 5.75 Å². The third-order valence-electron chi connectivity index (χ3n) is 4.26. The van der Waals surface area contributed by atoms with Crippen molar-refractivity contribution in [1.82, 2.24) is 4.98 Å². The van der Waals surface area contributed by atoms with Gasteiger partial charge in [-0.3, -0.25) is 9.29 Å². The van der Waals surface area contributed by atoms with E-state index in [0.717, 1.165) is 10.00 Å². The molecule has 0 N–H and O–H groups in total. The van der Waals surface area contributed by atoms with Crippen LogP contribution in [0, 0.1) is 0 Å². The Balaban J connectivity index is 0.00000320. The first-order valence-electron chi connectivity index (χ1n) is 8.97. The largest absolute Gasteiger partial charge is 0.497 e. The highest BCUT2D eigenvalue weighted by atomic mass is 35.5. The number of ether oxygens (including phenoxy) is 1. The van der Waals surface area contributed by atoms with Crippen molar-refractivity contribution in [3.8, 4) is 5.75 Å². The number of pyridine rings is 1. The quantitative estimate of drug-likeness (QED) is 0.494. The number of alkyl halides is 1. The number of aromatic nitrogens is 1. The maximum Gasteiger partial charge on any atom is 0.264 e. The molecule has 0 spiro atoms. The molecule has 1 heterocycles. The van der Waals surface area contributed by atoms with Gasteiger partial charge in [-0.25, -0.2) is 12.8 Å².